The third-order valence-corrected chi connectivity index (χ3v) is 3.21. The molecule has 0 aliphatic carbocycles. The lowest BCUT2D eigenvalue weighted by Gasteiger charge is -2.33. The fourth-order valence-corrected chi connectivity index (χ4v) is 2.47. The van der Waals surface area contributed by atoms with E-state index in [1.54, 1.807) is 18.7 Å². The van der Waals surface area contributed by atoms with Crippen molar-refractivity contribution in [1.29, 1.82) is 0 Å². The van der Waals surface area contributed by atoms with Gasteiger partial charge in [0.25, 0.3) is 0 Å². The zero-order chi connectivity index (χ0) is 14.0. The molecule has 1 aromatic heterocycles. The molecule has 1 aliphatic heterocycles. The Morgan fingerprint density at radius 3 is 3.00 bits per heavy atom. The Bertz CT molecular complexity index is 471. The van der Waals surface area contributed by atoms with E-state index in [9.17, 15) is 10.1 Å². The van der Waals surface area contributed by atoms with Crippen molar-refractivity contribution in [3.8, 4) is 0 Å². The molecule has 1 N–H and O–H groups in total. The van der Waals surface area contributed by atoms with Crippen LogP contribution in [0.15, 0.2) is 0 Å². The summed E-state index contributed by atoms with van der Waals surface area (Å²) in [6, 6.07) is 0. The highest BCUT2D eigenvalue weighted by Crippen LogP contribution is 2.31. The van der Waals surface area contributed by atoms with Gasteiger partial charge in [0.05, 0.1) is 17.6 Å². The maximum absolute atomic E-state index is 11.2. The lowest BCUT2D eigenvalue weighted by molar-refractivity contribution is -0.384. The van der Waals surface area contributed by atoms with Gasteiger partial charge in [0.15, 0.2) is 0 Å². The van der Waals surface area contributed by atoms with Crippen LogP contribution in [0.5, 0.6) is 0 Å². The van der Waals surface area contributed by atoms with Crippen molar-refractivity contribution in [3.05, 3.63) is 15.8 Å². The van der Waals surface area contributed by atoms with Crippen molar-refractivity contribution >= 4 is 11.5 Å². The molecule has 8 heteroatoms. The highest BCUT2D eigenvalue weighted by atomic mass is 16.6. The summed E-state index contributed by atoms with van der Waals surface area (Å²) in [7, 11) is 3.59. The first-order chi connectivity index (χ1) is 9.04. The predicted molar refractivity (Wildman–Crippen MR) is 70.5 cm³/mol. The largest absolute Gasteiger partial charge is 0.373 e. The van der Waals surface area contributed by atoms with Crippen LogP contribution in [-0.4, -0.2) is 54.1 Å². The third kappa shape index (κ3) is 2.69. The van der Waals surface area contributed by atoms with E-state index in [1.165, 1.54) is 0 Å². The molecule has 0 radical (unpaired) electrons. The normalized spacial score (nSPS) is 19.7. The van der Waals surface area contributed by atoms with E-state index >= 15 is 0 Å². The topological polar surface area (TPSA) is 85.5 Å². The molecule has 1 fully saturated rings. The van der Waals surface area contributed by atoms with Gasteiger partial charge in [-0.05, 0) is 14.0 Å². The number of morpholine rings is 1. The highest BCUT2D eigenvalue weighted by Gasteiger charge is 2.31. The van der Waals surface area contributed by atoms with Crippen LogP contribution in [0.3, 0.4) is 0 Å². The van der Waals surface area contributed by atoms with Gasteiger partial charge in [-0.3, -0.25) is 10.1 Å². The molecule has 106 valence electrons. The van der Waals surface area contributed by atoms with Crippen molar-refractivity contribution < 1.29 is 9.66 Å². The van der Waals surface area contributed by atoms with Gasteiger partial charge in [0, 0.05) is 26.7 Å². The third-order valence-electron chi connectivity index (χ3n) is 3.21. The minimum absolute atomic E-state index is 0.0357. The summed E-state index contributed by atoms with van der Waals surface area (Å²) >= 11 is 0. The zero-order valence-corrected chi connectivity index (χ0v) is 11.4. The molecule has 1 unspecified atom stereocenters. The Labute approximate surface area is 111 Å². The average Bonchev–Trinajstić information content (AvgIpc) is 2.65. The highest BCUT2D eigenvalue weighted by molar-refractivity contribution is 5.61. The van der Waals surface area contributed by atoms with E-state index in [2.05, 4.69) is 10.4 Å². The Morgan fingerprint density at radius 2 is 2.37 bits per heavy atom. The summed E-state index contributed by atoms with van der Waals surface area (Å²) in [5.74, 6) is 0.562. The summed E-state index contributed by atoms with van der Waals surface area (Å²) < 4.78 is 7.19. The van der Waals surface area contributed by atoms with Crippen LogP contribution in [0.1, 0.15) is 5.69 Å². The number of nitro groups is 1. The van der Waals surface area contributed by atoms with Crippen LogP contribution >= 0.6 is 0 Å². The second kappa shape index (κ2) is 5.54. The summed E-state index contributed by atoms with van der Waals surface area (Å²) in [5, 5.41) is 18.4. The van der Waals surface area contributed by atoms with Gasteiger partial charge in [-0.2, -0.15) is 5.10 Å². The molecule has 0 saturated carbocycles. The predicted octanol–water partition coefficient (Wildman–Crippen LogP) is 0.0613. The minimum Gasteiger partial charge on any atom is -0.373 e. The molecule has 0 bridgehead atoms. The second-order valence-electron chi connectivity index (χ2n) is 4.63. The van der Waals surface area contributed by atoms with Gasteiger partial charge < -0.3 is 15.0 Å². The summed E-state index contributed by atoms with van der Waals surface area (Å²) in [6.45, 7) is 4.21. The van der Waals surface area contributed by atoms with Crippen molar-refractivity contribution in [3.63, 3.8) is 0 Å². The fourth-order valence-electron chi connectivity index (χ4n) is 2.47. The lowest BCUT2D eigenvalue weighted by atomic mass is 10.2. The van der Waals surface area contributed by atoms with E-state index in [4.69, 9.17) is 4.74 Å². The molecule has 2 rings (SSSR count). The number of aryl methyl sites for hydroxylation is 2. The zero-order valence-electron chi connectivity index (χ0n) is 11.4. The minimum atomic E-state index is -0.361. The number of likely N-dealkylation sites (N-methyl/N-ethyl adjacent to an activating group) is 1. The van der Waals surface area contributed by atoms with Gasteiger partial charge in [-0.25, -0.2) is 4.68 Å². The van der Waals surface area contributed by atoms with Crippen molar-refractivity contribution in [2.24, 2.45) is 7.05 Å². The van der Waals surface area contributed by atoms with E-state index in [1.807, 2.05) is 11.9 Å². The maximum Gasteiger partial charge on any atom is 0.333 e. The quantitative estimate of drug-likeness (QED) is 0.614. The van der Waals surface area contributed by atoms with Crippen LogP contribution in [0.25, 0.3) is 0 Å². The number of nitrogens with one attached hydrogen (secondary N) is 1. The van der Waals surface area contributed by atoms with Gasteiger partial charge >= 0.3 is 5.69 Å². The molecule has 0 amide bonds. The summed E-state index contributed by atoms with van der Waals surface area (Å²) in [6.07, 6.45) is 0.0357. The van der Waals surface area contributed by atoms with Crippen LogP contribution in [-0.2, 0) is 11.8 Å². The molecule has 0 aromatic carbocycles. The summed E-state index contributed by atoms with van der Waals surface area (Å²) in [4.78, 5) is 12.8. The molecule has 1 aromatic rings. The van der Waals surface area contributed by atoms with E-state index in [-0.39, 0.29) is 16.7 Å². The van der Waals surface area contributed by atoms with Crippen molar-refractivity contribution in [2.75, 3.05) is 38.2 Å². The molecule has 1 atom stereocenters. The summed E-state index contributed by atoms with van der Waals surface area (Å²) in [5.41, 5.74) is 0.534. The van der Waals surface area contributed by atoms with E-state index in [0.29, 0.717) is 31.2 Å². The van der Waals surface area contributed by atoms with E-state index in [0.717, 1.165) is 6.54 Å². The number of aromatic nitrogens is 2. The molecular formula is C11H19N5O3. The van der Waals surface area contributed by atoms with Crippen LogP contribution in [0.4, 0.5) is 11.5 Å². The molecule has 1 aliphatic rings. The maximum atomic E-state index is 11.2. The van der Waals surface area contributed by atoms with Gasteiger partial charge in [0.1, 0.15) is 5.69 Å². The van der Waals surface area contributed by atoms with Crippen LogP contribution in [0, 0.1) is 17.0 Å². The van der Waals surface area contributed by atoms with Crippen molar-refractivity contribution in [2.45, 2.75) is 13.0 Å². The standard InChI is InChI=1S/C11H19N5O3/c1-8-10(16(17)18)11(14(3)13-8)15-4-5-19-9(7-15)6-12-2/h9,12H,4-7H2,1-3H3. The van der Waals surface area contributed by atoms with Crippen molar-refractivity contribution in [1.82, 2.24) is 15.1 Å². The Kier molecular flexibility index (Phi) is 4.01. The number of hydrogen-bond donors (Lipinski definition) is 1. The molecule has 2 heterocycles. The molecule has 0 spiro atoms. The smallest absolute Gasteiger partial charge is 0.333 e. The van der Waals surface area contributed by atoms with Crippen LogP contribution in [0.2, 0.25) is 0 Å². The van der Waals surface area contributed by atoms with Gasteiger partial charge in [0.2, 0.25) is 5.82 Å². The Balaban J connectivity index is 2.28. The van der Waals surface area contributed by atoms with Gasteiger partial charge in [-0.1, -0.05) is 0 Å². The lowest BCUT2D eigenvalue weighted by Crippen LogP contribution is -2.47. The first-order valence-electron chi connectivity index (χ1n) is 6.23. The van der Waals surface area contributed by atoms with Gasteiger partial charge in [-0.15, -0.1) is 0 Å². The monoisotopic (exact) mass is 269 g/mol. The number of anilines is 1. The average molecular weight is 269 g/mol. The SMILES string of the molecule is CNCC1CN(c2c([N+](=O)[O-])c(C)nn2C)CCO1. The van der Waals surface area contributed by atoms with Crippen LogP contribution < -0.4 is 10.2 Å². The molecular weight excluding hydrogens is 250 g/mol. The fraction of sp³-hybridized carbons (Fsp3) is 0.727. The number of ether oxygens (including phenoxy) is 1. The number of rotatable bonds is 4. The molecule has 8 nitrogen and oxygen atoms in total. The van der Waals surface area contributed by atoms with E-state index < -0.39 is 0 Å². The first-order valence-corrected chi connectivity index (χ1v) is 6.23. The Hall–Kier alpha value is -1.67. The Morgan fingerprint density at radius 1 is 1.63 bits per heavy atom. The number of nitrogens with zero attached hydrogens (tertiary/aromatic N) is 4. The number of hydrogen-bond acceptors (Lipinski definition) is 6. The molecule has 1 saturated heterocycles. The second-order valence-corrected chi connectivity index (χ2v) is 4.63. The first kappa shape index (κ1) is 13.8. The molecule has 19 heavy (non-hydrogen) atoms.